The third-order valence-corrected chi connectivity index (χ3v) is 9.61. The van der Waals surface area contributed by atoms with E-state index in [-0.39, 0.29) is 19.4 Å². The van der Waals surface area contributed by atoms with E-state index in [9.17, 15) is 14.2 Å². The van der Waals surface area contributed by atoms with Gasteiger partial charge in [0.15, 0.2) is 6.10 Å². The van der Waals surface area contributed by atoms with Crippen molar-refractivity contribution in [3.05, 3.63) is 0 Å². The summed E-state index contributed by atoms with van der Waals surface area (Å²) in [5, 5.41) is 0. The van der Waals surface area contributed by atoms with Gasteiger partial charge in [0.2, 0.25) is 0 Å². The number of hydrogen-bond donors (Lipinski definition) is 2. The van der Waals surface area contributed by atoms with Gasteiger partial charge in [0.1, 0.15) is 6.61 Å². The van der Waals surface area contributed by atoms with E-state index < -0.39 is 32.5 Å². The van der Waals surface area contributed by atoms with Crippen LogP contribution in [-0.4, -0.2) is 41.0 Å². The van der Waals surface area contributed by atoms with Gasteiger partial charge in [-0.25, -0.2) is 4.57 Å². The van der Waals surface area contributed by atoms with E-state index in [0.717, 1.165) is 38.5 Å². The second-order valence-electron chi connectivity index (χ2n) is 14.0. The lowest BCUT2D eigenvalue weighted by Crippen LogP contribution is -2.29. The molecule has 0 aromatic heterocycles. The van der Waals surface area contributed by atoms with Crippen LogP contribution in [-0.2, 0) is 28.2 Å². The molecule has 0 heterocycles. The van der Waals surface area contributed by atoms with Crippen LogP contribution in [0.4, 0.5) is 0 Å². The van der Waals surface area contributed by atoms with Crippen molar-refractivity contribution in [2.24, 2.45) is 0 Å². The monoisotopic (exact) mass is 705 g/mol. The Labute approximate surface area is 295 Å². The van der Waals surface area contributed by atoms with E-state index in [1.165, 1.54) is 148 Å². The maximum atomic E-state index is 12.3. The highest BCUT2D eigenvalue weighted by Crippen LogP contribution is 2.36. The van der Waals surface area contributed by atoms with Crippen LogP contribution in [0.5, 0.6) is 0 Å². The van der Waals surface area contributed by atoms with Crippen LogP contribution in [0.15, 0.2) is 0 Å². The lowest BCUT2D eigenvalue weighted by molar-refractivity contribution is -0.161. The molecule has 0 spiro atoms. The van der Waals surface area contributed by atoms with Gasteiger partial charge in [-0.3, -0.25) is 14.1 Å². The predicted molar refractivity (Wildman–Crippen MR) is 198 cm³/mol. The van der Waals surface area contributed by atoms with Gasteiger partial charge < -0.3 is 19.3 Å². The summed E-state index contributed by atoms with van der Waals surface area (Å²) in [5.74, 6) is -0.872. The van der Waals surface area contributed by atoms with E-state index in [2.05, 4.69) is 18.4 Å². The number of phosphoric acid groups is 1. The first-order chi connectivity index (χ1) is 23.3. The Kier molecular flexibility index (Phi) is 35.2. The first-order valence-electron chi connectivity index (χ1n) is 20.3. The highest BCUT2D eigenvalue weighted by molar-refractivity contribution is 7.46. The van der Waals surface area contributed by atoms with E-state index in [0.29, 0.717) is 6.42 Å². The Morgan fingerprint density at radius 1 is 0.458 bits per heavy atom. The topological polar surface area (TPSA) is 119 Å². The molecule has 0 radical (unpaired) electrons. The SMILES string of the molecule is CCCCCCCCCCCCCCCCCCCCCCC(=O)OC[C@H](COP(=O)(O)O)OC(=O)CCCCCCCCCCCC. The van der Waals surface area contributed by atoms with Gasteiger partial charge in [0, 0.05) is 12.8 Å². The summed E-state index contributed by atoms with van der Waals surface area (Å²) in [7, 11) is -4.74. The maximum absolute atomic E-state index is 12.3. The van der Waals surface area contributed by atoms with Crippen molar-refractivity contribution in [3.8, 4) is 0 Å². The second kappa shape index (κ2) is 35.9. The first kappa shape index (κ1) is 47.0. The number of rotatable bonds is 38. The minimum Gasteiger partial charge on any atom is -0.462 e. The molecule has 2 N–H and O–H groups in total. The molecule has 0 aromatic carbocycles. The number of carbonyl (C=O) groups is 2. The highest BCUT2D eigenvalue weighted by atomic mass is 31.2. The van der Waals surface area contributed by atoms with Gasteiger partial charge in [-0.2, -0.15) is 0 Å². The molecule has 0 aliphatic carbocycles. The molecule has 1 atom stereocenters. The van der Waals surface area contributed by atoms with Crippen molar-refractivity contribution in [3.63, 3.8) is 0 Å². The molecule has 9 heteroatoms. The predicted octanol–water partition coefficient (Wildman–Crippen LogP) is 12.1. The van der Waals surface area contributed by atoms with Crippen LogP contribution in [0.3, 0.4) is 0 Å². The first-order valence-corrected chi connectivity index (χ1v) is 21.9. The fraction of sp³-hybridized carbons (Fsp3) is 0.949. The number of unbranched alkanes of at least 4 members (excludes halogenated alkanes) is 28. The maximum Gasteiger partial charge on any atom is 0.469 e. The smallest absolute Gasteiger partial charge is 0.462 e. The zero-order chi connectivity index (χ0) is 35.4. The van der Waals surface area contributed by atoms with Crippen molar-refractivity contribution >= 4 is 19.8 Å². The Bertz CT molecular complexity index is 756. The van der Waals surface area contributed by atoms with Crippen LogP contribution >= 0.6 is 7.82 Å². The Hall–Kier alpha value is -0.950. The molecule has 0 unspecified atom stereocenters. The Morgan fingerprint density at radius 3 is 1.06 bits per heavy atom. The van der Waals surface area contributed by atoms with E-state index in [1.807, 2.05) is 0 Å². The third-order valence-electron chi connectivity index (χ3n) is 9.13. The average molecular weight is 705 g/mol. The second-order valence-corrected chi connectivity index (χ2v) is 15.2. The van der Waals surface area contributed by atoms with Crippen LogP contribution in [0, 0.1) is 0 Å². The Morgan fingerprint density at radius 2 is 0.750 bits per heavy atom. The number of carbonyl (C=O) groups excluding carboxylic acids is 2. The number of ether oxygens (including phenoxy) is 2. The third kappa shape index (κ3) is 37.9. The molecule has 0 aliphatic rings. The van der Waals surface area contributed by atoms with Gasteiger partial charge in [-0.1, -0.05) is 194 Å². The molecule has 0 rings (SSSR count). The molecule has 48 heavy (non-hydrogen) atoms. The molecule has 0 aliphatic heterocycles. The Balaban J connectivity index is 3.80. The normalized spacial score (nSPS) is 12.3. The molecule has 0 saturated carbocycles. The van der Waals surface area contributed by atoms with Gasteiger partial charge in [0.25, 0.3) is 0 Å². The molecule has 8 nitrogen and oxygen atoms in total. The van der Waals surface area contributed by atoms with Crippen molar-refractivity contribution in [2.45, 2.75) is 225 Å². The number of hydrogen-bond acceptors (Lipinski definition) is 6. The van der Waals surface area contributed by atoms with Crippen molar-refractivity contribution in [1.82, 2.24) is 0 Å². The number of phosphoric ester groups is 1. The van der Waals surface area contributed by atoms with Crippen LogP contribution < -0.4 is 0 Å². The van der Waals surface area contributed by atoms with Gasteiger partial charge in [-0.15, -0.1) is 0 Å². The summed E-state index contributed by atoms with van der Waals surface area (Å²) in [6.07, 6.45) is 36.9. The van der Waals surface area contributed by atoms with Crippen LogP contribution in [0.25, 0.3) is 0 Å². The fourth-order valence-corrected chi connectivity index (χ4v) is 6.44. The van der Waals surface area contributed by atoms with Crippen LogP contribution in [0.2, 0.25) is 0 Å². The summed E-state index contributed by atoms with van der Waals surface area (Å²) in [6, 6.07) is 0. The molecule has 0 bridgehead atoms. The van der Waals surface area contributed by atoms with Crippen molar-refractivity contribution in [1.29, 1.82) is 0 Å². The highest BCUT2D eigenvalue weighted by Gasteiger charge is 2.22. The lowest BCUT2D eigenvalue weighted by Gasteiger charge is -2.18. The average Bonchev–Trinajstić information content (AvgIpc) is 3.05. The standard InChI is InChI=1S/C39H77O8P/c1-3-5-7-9-11-13-15-16-17-18-19-20-21-22-23-24-26-27-29-31-33-38(40)45-35-37(36-46-48(42,43)44)47-39(41)34-32-30-28-25-14-12-10-8-6-4-2/h37H,3-36H2,1-2H3,(H2,42,43,44)/t37-/m1/s1. The van der Waals surface area contributed by atoms with Gasteiger partial charge >= 0.3 is 19.8 Å². The van der Waals surface area contributed by atoms with Crippen LogP contribution in [0.1, 0.15) is 219 Å². The summed E-state index contributed by atoms with van der Waals surface area (Å²) < 4.78 is 26.3. The molecule has 0 amide bonds. The molecule has 0 saturated heterocycles. The fourth-order valence-electron chi connectivity index (χ4n) is 6.08. The lowest BCUT2D eigenvalue weighted by atomic mass is 10.0. The summed E-state index contributed by atoms with van der Waals surface area (Å²) >= 11 is 0. The summed E-state index contributed by atoms with van der Waals surface area (Å²) in [6.45, 7) is 3.69. The van der Waals surface area contributed by atoms with Crippen molar-refractivity contribution < 1.29 is 37.9 Å². The zero-order valence-corrected chi connectivity index (χ0v) is 32.3. The van der Waals surface area contributed by atoms with Gasteiger partial charge in [-0.05, 0) is 12.8 Å². The minimum absolute atomic E-state index is 0.219. The van der Waals surface area contributed by atoms with E-state index in [1.54, 1.807) is 0 Å². The molecular formula is C39H77O8P. The quantitative estimate of drug-likeness (QED) is 0.0370. The van der Waals surface area contributed by atoms with Gasteiger partial charge in [0.05, 0.1) is 6.61 Å². The van der Waals surface area contributed by atoms with E-state index >= 15 is 0 Å². The number of esters is 2. The summed E-state index contributed by atoms with van der Waals surface area (Å²) in [4.78, 5) is 42.7. The van der Waals surface area contributed by atoms with Crippen molar-refractivity contribution in [2.75, 3.05) is 13.2 Å². The molecular weight excluding hydrogens is 627 g/mol. The minimum atomic E-state index is -4.74. The molecule has 0 aromatic rings. The largest absolute Gasteiger partial charge is 0.469 e. The van der Waals surface area contributed by atoms with E-state index in [4.69, 9.17) is 19.3 Å². The molecule has 286 valence electrons. The molecule has 0 fully saturated rings. The summed E-state index contributed by atoms with van der Waals surface area (Å²) in [5.41, 5.74) is 0. The zero-order valence-electron chi connectivity index (χ0n) is 31.4.